The van der Waals surface area contributed by atoms with Gasteiger partial charge < -0.3 is 16.4 Å². The Morgan fingerprint density at radius 1 is 0.471 bits per heavy atom. The summed E-state index contributed by atoms with van der Waals surface area (Å²) in [5.74, 6) is 0. The molecule has 0 saturated heterocycles. The van der Waals surface area contributed by atoms with Crippen molar-refractivity contribution in [2.45, 2.75) is 6.92 Å². The standard InChI is InChI=1S/C31H27N3/c1-22-30(24-14-18-29(19-15-24)34-27-10-6-3-7-11-27)20-25(21-31(22)32)23-12-16-28(17-13-23)33-26-8-4-2-5-9-26/h2-21,33-34H,32H2,1H3. The van der Waals surface area contributed by atoms with Gasteiger partial charge in [-0.05, 0) is 95.4 Å². The maximum Gasteiger partial charge on any atom is 0.0384 e. The molecule has 0 spiro atoms. The lowest BCUT2D eigenvalue weighted by molar-refractivity contribution is 1.45. The van der Waals surface area contributed by atoms with Gasteiger partial charge in [-0.25, -0.2) is 0 Å². The Bertz CT molecular complexity index is 1380. The van der Waals surface area contributed by atoms with Gasteiger partial charge in [-0.1, -0.05) is 60.7 Å². The van der Waals surface area contributed by atoms with Gasteiger partial charge in [-0.3, -0.25) is 0 Å². The normalized spacial score (nSPS) is 10.6. The summed E-state index contributed by atoms with van der Waals surface area (Å²) in [7, 11) is 0. The van der Waals surface area contributed by atoms with Crippen molar-refractivity contribution >= 4 is 28.4 Å². The zero-order valence-electron chi connectivity index (χ0n) is 19.1. The van der Waals surface area contributed by atoms with Crippen LogP contribution in [0.4, 0.5) is 28.4 Å². The van der Waals surface area contributed by atoms with Gasteiger partial charge in [0.1, 0.15) is 0 Å². The van der Waals surface area contributed by atoms with Gasteiger partial charge in [-0.2, -0.15) is 0 Å². The number of nitrogen functional groups attached to an aromatic ring is 1. The van der Waals surface area contributed by atoms with Crippen LogP contribution in [0.5, 0.6) is 0 Å². The van der Waals surface area contributed by atoms with Crippen LogP contribution < -0.4 is 16.4 Å². The summed E-state index contributed by atoms with van der Waals surface area (Å²) in [6.45, 7) is 2.08. The molecule has 0 saturated carbocycles. The van der Waals surface area contributed by atoms with Crippen LogP contribution in [0.15, 0.2) is 121 Å². The molecule has 0 radical (unpaired) electrons. The van der Waals surface area contributed by atoms with Crippen molar-refractivity contribution in [1.82, 2.24) is 0 Å². The van der Waals surface area contributed by atoms with Crippen LogP contribution in [-0.4, -0.2) is 0 Å². The van der Waals surface area contributed by atoms with Crippen LogP contribution in [0.3, 0.4) is 0 Å². The molecule has 3 heteroatoms. The number of hydrogen-bond acceptors (Lipinski definition) is 3. The van der Waals surface area contributed by atoms with E-state index in [9.17, 15) is 0 Å². The summed E-state index contributed by atoms with van der Waals surface area (Å²) in [6.07, 6.45) is 0. The van der Waals surface area contributed by atoms with E-state index in [1.165, 1.54) is 0 Å². The molecule has 0 bridgehead atoms. The molecule has 4 N–H and O–H groups in total. The Balaban J connectivity index is 1.39. The molecule has 0 amide bonds. The first kappa shape index (κ1) is 21.4. The maximum atomic E-state index is 6.44. The number of nitrogens with one attached hydrogen (secondary N) is 2. The predicted octanol–water partition coefficient (Wildman–Crippen LogP) is 8.40. The van der Waals surface area contributed by atoms with E-state index in [-0.39, 0.29) is 0 Å². The third-order valence-electron chi connectivity index (χ3n) is 5.99. The summed E-state index contributed by atoms with van der Waals surface area (Å²) in [5.41, 5.74) is 17.1. The first-order valence-corrected chi connectivity index (χ1v) is 11.4. The topological polar surface area (TPSA) is 50.1 Å². The minimum absolute atomic E-state index is 0.797. The SMILES string of the molecule is Cc1c(N)cc(-c2ccc(Nc3ccccc3)cc2)cc1-c1ccc(Nc2ccccc2)cc1. The van der Waals surface area contributed by atoms with Crippen molar-refractivity contribution in [2.24, 2.45) is 0 Å². The highest BCUT2D eigenvalue weighted by Gasteiger charge is 2.10. The fourth-order valence-corrected chi connectivity index (χ4v) is 4.06. The molecule has 0 atom stereocenters. The summed E-state index contributed by atoms with van der Waals surface area (Å²) < 4.78 is 0. The van der Waals surface area contributed by atoms with Crippen molar-refractivity contribution in [3.05, 3.63) is 127 Å². The fraction of sp³-hybridized carbons (Fsp3) is 0.0323. The molecule has 5 aromatic carbocycles. The fourth-order valence-electron chi connectivity index (χ4n) is 4.06. The largest absolute Gasteiger partial charge is 0.398 e. The van der Waals surface area contributed by atoms with Gasteiger partial charge in [-0.15, -0.1) is 0 Å². The Morgan fingerprint density at radius 3 is 1.41 bits per heavy atom. The zero-order valence-corrected chi connectivity index (χ0v) is 19.1. The Kier molecular flexibility index (Phi) is 6.00. The minimum atomic E-state index is 0.797. The van der Waals surface area contributed by atoms with Crippen LogP contribution in [0.25, 0.3) is 22.3 Å². The molecule has 3 nitrogen and oxygen atoms in total. The van der Waals surface area contributed by atoms with Crippen molar-refractivity contribution in [3.63, 3.8) is 0 Å². The average molecular weight is 442 g/mol. The Hall–Kier alpha value is -4.50. The van der Waals surface area contributed by atoms with Crippen molar-refractivity contribution in [1.29, 1.82) is 0 Å². The summed E-state index contributed by atoms with van der Waals surface area (Å²) in [4.78, 5) is 0. The highest BCUT2D eigenvalue weighted by atomic mass is 14.9. The summed E-state index contributed by atoms with van der Waals surface area (Å²) in [6, 6.07) is 41.6. The first-order chi connectivity index (χ1) is 16.7. The second kappa shape index (κ2) is 9.55. The molecule has 5 rings (SSSR count). The smallest absolute Gasteiger partial charge is 0.0384 e. The lowest BCUT2D eigenvalue weighted by atomic mass is 9.93. The van der Waals surface area contributed by atoms with Crippen molar-refractivity contribution in [3.8, 4) is 22.3 Å². The number of nitrogens with two attached hydrogens (primary N) is 1. The number of anilines is 5. The first-order valence-electron chi connectivity index (χ1n) is 11.4. The lowest BCUT2D eigenvalue weighted by Gasteiger charge is -2.14. The van der Waals surface area contributed by atoms with E-state index in [0.29, 0.717) is 0 Å². The van der Waals surface area contributed by atoms with E-state index in [4.69, 9.17) is 5.73 Å². The monoisotopic (exact) mass is 441 g/mol. The van der Waals surface area contributed by atoms with Crippen molar-refractivity contribution < 1.29 is 0 Å². The molecular formula is C31H27N3. The quantitative estimate of drug-likeness (QED) is 0.232. The molecule has 0 unspecified atom stereocenters. The van der Waals surface area contributed by atoms with E-state index in [2.05, 4.69) is 102 Å². The number of hydrogen-bond donors (Lipinski definition) is 3. The molecule has 5 aromatic rings. The van der Waals surface area contributed by atoms with Gasteiger partial charge in [0, 0.05) is 28.4 Å². The summed E-state index contributed by atoms with van der Waals surface area (Å²) in [5, 5.41) is 6.87. The third-order valence-corrected chi connectivity index (χ3v) is 5.99. The molecular weight excluding hydrogens is 414 g/mol. The molecule has 0 aliphatic rings. The average Bonchev–Trinajstić information content (AvgIpc) is 2.88. The highest BCUT2D eigenvalue weighted by Crippen LogP contribution is 2.34. The van der Waals surface area contributed by atoms with E-state index in [1.54, 1.807) is 0 Å². The van der Waals surface area contributed by atoms with Crippen LogP contribution in [0.1, 0.15) is 5.56 Å². The van der Waals surface area contributed by atoms with Crippen molar-refractivity contribution in [2.75, 3.05) is 16.4 Å². The lowest BCUT2D eigenvalue weighted by Crippen LogP contribution is -1.95. The zero-order chi connectivity index (χ0) is 23.3. The second-order valence-corrected chi connectivity index (χ2v) is 8.37. The van der Waals surface area contributed by atoms with E-state index >= 15 is 0 Å². The predicted molar refractivity (Wildman–Crippen MR) is 146 cm³/mol. The van der Waals surface area contributed by atoms with Crippen LogP contribution >= 0.6 is 0 Å². The number of para-hydroxylation sites is 2. The van der Waals surface area contributed by atoms with E-state index in [0.717, 1.165) is 56.3 Å². The van der Waals surface area contributed by atoms with Gasteiger partial charge >= 0.3 is 0 Å². The molecule has 34 heavy (non-hydrogen) atoms. The second-order valence-electron chi connectivity index (χ2n) is 8.37. The Morgan fingerprint density at radius 2 is 0.912 bits per heavy atom. The molecule has 0 aliphatic carbocycles. The van der Waals surface area contributed by atoms with E-state index < -0.39 is 0 Å². The van der Waals surface area contributed by atoms with Crippen LogP contribution in [0, 0.1) is 6.92 Å². The van der Waals surface area contributed by atoms with Gasteiger partial charge in [0.25, 0.3) is 0 Å². The van der Waals surface area contributed by atoms with Gasteiger partial charge in [0.2, 0.25) is 0 Å². The number of benzene rings is 5. The molecule has 0 aromatic heterocycles. The maximum absolute atomic E-state index is 6.44. The van der Waals surface area contributed by atoms with Crippen LogP contribution in [0.2, 0.25) is 0 Å². The number of rotatable bonds is 6. The van der Waals surface area contributed by atoms with Gasteiger partial charge in [0.15, 0.2) is 0 Å². The van der Waals surface area contributed by atoms with Gasteiger partial charge in [0.05, 0.1) is 0 Å². The molecule has 0 aliphatic heterocycles. The minimum Gasteiger partial charge on any atom is -0.398 e. The highest BCUT2D eigenvalue weighted by molar-refractivity contribution is 5.82. The van der Waals surface area contributed by atoms with E-state index in [1.807, 2.05) is 36.4 Å². The molecule has 0 heterocycles. The third kappa shape index (κ3) is 4.79. The molecule has 166 valence electrons. The Labute approximate surface area is 200 Å². The summed E-state index contributed by atoms with van der Waals surface area (Å²) >= 11 is 0. The van der Waals surface area contributed by atoms with Crippen LogP contribution in [-0.2, 0) is 0 Å². The molecule has 0 fully saturated rings.